The number of hydrogen-bond donors (Lipinski definition) is 0. The second-order valence-corrected chi connectivity index (χ2v) is 4.01. The molecule has 2 rings (SSSR count). The lowest BCUT2D eigenvalue weighted by Crippen LogP contribution is -1.82. The molecular formula is C17H26NP. The van der Waals surface area contributed by atoms with Crippen LogP contribution in [-0.4, -0.2) is 4.34 Å². The van der Waals surface area contributed by atoms with Crippen LogP contribution in [0.1, 0.15) is 39.0 Å². The summed E-state index contributed by atoms with van der Waals surface area (Å²) in [5.41, 5.74) is 3.75. The predicted molar refractivity (Wildman–Crippen MR) is 93.7 cm³/mol. The van der Waals surface area contributed by atoms with Gasteiger partial charge in [-0.25, -0.2) is 0 Å². The van der Waals surface area contributed by atoms with Crippen molar-refractivity contribution in [1.29, 1.82) is 0 Å². The molecule has 104 valence electrons. The SMILES string of the molecule is C=C/C=C\c1c(C)c2ccccc2n1P.CC.CC. The molecule has 1 heterocycles. The summed E-state index contributed by atoms with van der Waals surface area (Å²) >= 11 is 0. The fourth-order valence-electron chi connectivity index (χ4n) is 1.81. The van der Waals surface area contributed by atoms with E-state index in [4.69, 9.17) is 0 Å². The quantitative estimate of drug-likeness (QED) is 0.479. The summed E-state index contributed by atoms with van der Waals surface area (Å²) in [5.74, 6) is 0. The van der Waals surface area contributed by atoms with Crippen molar-refractivity contribution in [3.8, 4) is 0 Å². The third-order valence-corrected chi connectivity index (χ3v) is 3.16. The summed E-state index contributed by atoms with van der Waals surface area (Å²) < 4.78 is 2.13. The molecule has 0 radical (unpaired) electrons. The summed E-state index contributed by atoms with van der Waals surface area (Å²) in [6.07, 6.45) is 5.83. The van der Waals surface area contributed by atoms with Gasteiger partial charge >= 0.3 is 0 Å². The first-order chi connectivity index (χ1) is 9.25. The van der Waals surface area contributed by atoms with Gasteiger partial charge < -0.3 is 4.34 Å². The highest BCUT2D eigenvalue weighted by Crippen LogP contribution is 2.28. The van der Waals surface area contributed by atoms with E-state index in [9.17, 15) is 0 Å². The predicted octanol–water partition coefficient (Wildman–Crippen LogP) is 5.84. The van der Waals surface area contributed by atoms with Crippen LogP contribution >= 0.6 is 9.39 Å². The lowest BCUT2D eigenvalue weighted by atomic mass is 10.1. The standard InChI is InChI=1S/C13H14NP.2C2H6/c1-3-4-8-12-10(2)11-7-5-6-9-13(11)14(12)15;2*1-2/h3-9H,1,15H2,2H3;2*1-2H3/b8-4-;;. The van der Waals surface area contributed by atoms with Gasteiger partial charge in [-0.2, -0.15) is 0 Å². The molecule has 0 aliphatic rings. The third-order valence-electron chi connectivity index (χ3n) is 2.60. The maximum atomic E-state index is 3.69. The molecule has 0 aliphatic carbocycles. The first-order valence-electron chi connectivity index (χ1n) is 6.90. The minimum absolute atomic E-state index is 1.21. The van der Waals surface area contributed by atoms with Crippen molar-refractivity contribution in [2.24, 2.45) is 0 Å². The zero-order valence-corrected chi connectivity index (χ0v) is 13.9. The molecule has 1 aromatic carbocycles. The van der Waals surface area contributed by atoms with E-state index in [1.807, 2.05) is 33.8 Å². The van der Waals surface area contributed by atoms with Crippen LogP contribution < -0.4 is 0 Å². The molecule has 0 spiro atoms. The highest BCUT2D eigenvalue weighted by atomic mass is 31.0. The average molecular weight is 275 g/mol. The van der Waals surface area contributed by atoms with Crippen LogP contribution in [0.5, 0.6) is 0 Å². The van der Waals surface area contributed by atoms with Crippen molar-refractivity contribution in [1.82, 2.24) is 4.34 Å². The Balaban J connectivity index is 0.000000741. The Morgan fingerprint density at radius 1 is 1.11 bits per heavy atom. The van der Waals surface area contributed by atoms with Crippen LogP contribution in [0, 0.1) is 6.92 Å². The van der Waals surface area contributed by atoms with Crippen LogP contribution in [0.4, 0.5) is 0 Å². The highest BCUT2D eigenvalue weighted by Gasteiger charge is 2.07. The first kappa shape index (κ1) is 17.7. The number of fused-ring (bicyclic) bond motifs is 1. The van der Waals surface area contributed by atoms with Gasteiger partial charge in [-0.3, -0.25) is 0 Å². The molecule has 0 N–H and O–H groups in total. The highest BCUT2D eigenvalue weighted by molar-refractivity contribution is 7.15. The number of aryl methyl sites for hydroxylation is 1. The van der Waals surface area contributed by atoms with Gasteiger partial charge in [-0.05, 0) is 34.0 Å². The van der Waals surface area contributed by atoms with Gasteiger partial charge in [0.2, 0.25) is 0 Å². The van der Waals surface area contributed by atoms with Crippen molar-refractivity contribution >= 4 is 26.4 Å². The lowest BCUT2D eigenvalue weighted by molar-refractivity contribution is 1.29. The number of hydrogen-bond acceptors (Lipinski definition) is 0. The monoisotopic (exact) mass is 275 g/mol. The summed E-state index contributed by atoms with van der Waals surface area (Å²) in [6.45, 7) is 13.8. The molecule has 2 heteroatoms. The smallest absolute Gasteiger partial charge is 0.0517 e. The molecule has 1 aromatic heterocycles. The van der Waals surface area contributed by atoms with Gasteiger partial charge in [0, 0.05) is 11.1 Å². The molecule has 19 heavy (non-hydrogen) atoms. The van der Waals surface area contributed by atoms with Crippen molar-refractivity contribution in [2.45, 2.75) is 34.6 Å². The Hall–Kier alpha value is -1.33. The summed E-state index contributed by atoms with van der Waals surface area (Å²) in [5, 5.41) is 1.30. The molecular weight excluding hydrogens is 249 g/mol. The Labute approximate surface area is 120 Å². The third kappa shape index (κ3) is 4.08. The summed E-state index contributed by atoms with van der Waals surface area (Å²) in [6, 6.07) is 8.40. The largest absolute Gasteiger partial charge is 0.325 e. The van der Waals surface area contributed by atoms with Crippen molar-refractivity contribution in [3.63, 3.8) is 0 Å². The second kappa shape index (κ2) is 9.58. The maximum Gasteiger partial charge on any atom is 0.0517 e. The van der Waals surface area contributed by atoms with Gasteiger partial charge in [0.1, 0.15) is 0 Å². The number of allylic oxidation sites excluding steroid dienone is 2. The van der Waals surface area contributed by atoms with E-state index >= 15 is 0 Å². The summed E-state index contributed by atoms with van der Waals surface area (Å²) in [7, 11) is 2.75. The van der Waals surface area contributed by atoms with E-state index in [0.29, 0.717) is 0 Å². The number of nitrogens with zero attached hydrogens (tertiary/aromatic N) is 1. The molecule has 0 saturated heterocycles. The Morgan fingerprint density at radius 2 is 1.68 bits per heavy atom. The topological polar surface area (TPSA) is 4.93 Å². The van der Waals surface area contributed by atoms with E-state index in [0.717, 1.165) is 0 Å². The van der Waals surface area contributed by atoms with E-state index in [-0.39, 0.29) is 0 Å². The van der Waals surface area contributed by atoms with Gasteiger partial charge in [0.25, 0.3) is 0 Å². The van der Waals surface area contributed by atoms with Crippen LogP contribution in [0.25, 0.3) is 17.0 Å². The Bertz CT molecular complexity index is 496. The zero-order valence-electron chi connectivity index (χ0n) is 12.8. The molecule has 1 atom stereocenters. The first-order valence-corrected chi connectivity index (χ1v) is 7.41. The molecule has 1 nitrogen and oxygen atoms in total. The van der Waals surface area contributed by atoms with Crippen LogP contribution in [0.15, 0.2) is 43.0 Å². The van der Waals surface area contributed by atoms with Crippen molar-refractivity contribution in [2.75, 3.05) is 0 Å². The molecule has 0 fully saturated rings. The minimum Gasteiger partial charge on any atom is -0.325 e. The maximum absolute atomic E-state index is 3.69. The average Bonchev–Trinajstić information content (AvgIpc) is 2.74. The van der Waals surface area contributed by atoms with Crippen LogP contribution in [0.2, 0.25) is 0 Å². The van der Waals surface area contributed by atoms with E-state index in [1.165, 1.54) is 22.2 Å². The van der Waals surface area contributed by atoms with Crippen LogP contribution in [0.3, 0.4) is 0 Å². The lowest BCUT2D eigenvalue weighted by Gasteiger charge is -1.98. The molecule has 2 aromatic rings. The van der Waals surface area contributed by atoms with E-state index < -0.39 is 0 Å². The number of para-hydroxylation sites is 1. The fourth-order valence-corrected chi connectivity index (χ4v) is 2.32. The Morgan fingerprint density at radius 3 is 2.21 bits per heavy atom. The fraction of sp³-hybridized carbons (Fsp3) is 0.294. The number of rotatable bonds is 2. The normalized spacial score (nSPS) is 9.58. The molecule has 0 bridgehead atoms. The molecule has 0 amide bonds. The second-order valence-electron chi connectivity index (χ2n) is 3.49. The Kier molecular flexibility index (Phi) is 8.91. The summed E-state index contributed by atoms with van der Waals surface area (Å²) in [4.78, 5) is 0. The number of benzene rings is 1. The zero-order chi connectivity index (χ0) is 14.8. The van der Waals surface area contributed by atoms with Crippen LogP contribution in [-0.2, 0) is 0 Å². The van der Waals surface area contributed by atoms with Gasteiger partial charge in [-0.15, -0.1) is 0 Å². The van der Waals surface area contributed by atoms with Gasteiger partial charge in [0.05, 0.1) is 5.52 Å². The minimum atomic E-state index is 1.21. The van der Waals surface area contributed by atoms with Gasteiger partial charge in [-0.1, -0.05) is 64.6 Å². The molecule has 0 aliphatic heterocycles. The van der Waals surface area contributed by atoms with Crippen molar-refractivity contribution in [3.05, 3.63) is 54.3 Å². The van der Waals surface area contributed by atoms with Gasteiger partial charge in [0.15, 0.2) is 0 Å². The van der Waals surface area contributed by atoms with Crippen molar-refractivity contribution < 1.29 is 0 Å². The van der Waals surface area contributed by atoms with E-state index in [1.54, 1.807) is 6.08 Å². The molecule has 1 unspecified atom stereocenters. The van der Waals surface area contributed by atoms with E-state index in [2.05, 4.69) is 57.6 Å². The number of aromatic nitrogens is 1. The molecule has 0 saturated carbocycles.